The molecule has 0 saturated carbocycles. The number of ether oxygens (including phenoxy) is 4. The largest absolute Gasteiger partial charge is 0.472 e. The third-order valence-electron chi connectivity index (χ3n) is 15.8. The van der Waals surface area contributed by atoms with Crippen molar-refractivity contribution in [1.29, 1.82) is 0 Å². The van der Waals surface area contributed by atoms with E-state index < -0.39 is 97.5 Å². The smallest absolute Gasteiger partial charge is 0.462 e. The summed E-state index contributed by atoms with van der Waals surface area (Å²) in [6.07, 6.45) is 47.3. The molecule has 0 radical (unpaired) electrons. The molecular weight excluding hydrogens is 1150 g/mol. The van der Waals surface area contributed by atoms with Gasteiger partial charge in [0, 0.05) is 25.7 Å². The zero-order valence-corrected chi connectivity index (χ0v) is 57.9. The first-order chi connectivity index (χ1) is 42.0. The van der Waals surface area contributed by atoms with E-state index >= 15 is 0 Å². The number of phosphoric acid groups is 2. The second-order valence-electron chi connectivity index (χ2n) is 25.0. The van der Waals surface area contributed by atoms with E-state index in [9.17, 15) is 43.2 Å². The molecule has 0 spiro atoms. The number of unbranched alkanes of at least 4 members (excludes halogenated alkanes) is 40. The predicted octanol–water partition coefficient (Wildman–Crippen LogP) is 19.4. The van der Waals surface area contributed by atoms with Gasteiger partial charge in [0.25, 0.3) is 0 Å². The standard InChI is InChI=1S/C68H132O17P2/c1-6-9-12-15-18-20-21-22-23-26-29-33-37-42-47-52-66(71)79-58-64(85-68(73)54-49-44-39-34-30-27-24-25-28-32-36-40-45-50-61(4)5)60-83-87(76,77)81-56-62(69)55-80-86(74,75)82-59-63(57-78-65(70)51-46-41-35-17-14-11-8-3)84-67(72)53-48-43-38-31-19-16-13-10-7-2/h61-64,69H,6-60H2,1-5H3,(H,74,75)(H,76,77)/t62-,63+,64+/m0/s1. The van der Waals surface area contributed by atoms with Crippen LogP contribution >= 0.6 is 15.6 Å². The number of aliphatic hydroxyl groups is 1. The lowest BCUT2D eigenvalue weighted by Gasteiger charge is -2.21. The Hall–Kier alpha value is -1.94. The number of aliphatic hydroxyl groups excluding tert-OH is 1. The highest BCUT2D eigenvalue weighted by molar-refractivity contribution is 7.47. The number of esters is 4. The first kappa shape index (κ1) is 85.1. The summed E-state index contributed by atoms with van der Waals surface area (Å²) in [7, 11) is -9.89. The number of phosphoric ester groups is 2. The van der Waals surface area contributed by atoms with E-state index in [1.165, 1.54) is 161 Å². The predicted molar refractivity (Wildman–Crippen MR) is 349 cm³/mol. The van der Waals surface area contributed by atoms with Crippen LogP contribution in [0.15, 0.2) is 0 Å². The lowest BCUT2D eigenvalue weighted by atomic mass is 10.0. The summed E-state index contributed by atoms with van der Waals surface area (Å²) in [5.41, 5.74) is 0. The molecule has 0 heterocycles. The van der Waals surface area contributed by atoms with Gasteiger partial charge in [-0.05, 0) is 31.6 Å². The monoisotopic (exact) mass is 1280 g/mol. The summed E-state index contributed by atoms with van der Waals surface area (Å²) in [6, 6.07) is 0. The zero-order valence-electron chi connectivity index (χ0n) is 56.2. The maximum Gasteiger partial charge on any atom is 0.472 e. The minimum absolute atomic E-state index is 0.106. The molecule has 0 aromatic rings. The van der Waals surface area contributed by atoms with E-state index in [1.807, 2.05) is 0 Å². The Labute approximate surface area is 530 Å². The average Bonchev–Trinajstić information content (AvgIpc) is 3.67. The number of carbonyl (C=O) groups is 4. The molecule has 0 saturated heterocycles. The van der Waals surface area contributed by atoms with Crippen LogP contribution in [0.1, 0.15) is 349 Å². The Kier molecular flexibility index (Phi) is 60.2. The van der Waals surface area contributed by atoms with Crippen molar-refractivity contribution >= 4 is 39.5 Å². The van der Waals surface area contributed by atoms with Crippen LogP contribution in [-0.4, -0.2) is 96.7 Å². The van der Waals surface area contributed by atoms with E-state index in [0.717, 1.165) is 109 Å². The van der Waals surface area contributed by atoms with E-state index in [1.54, 1.807) is 0 Å². The van der Waals surface area contributed by atoms with Crippen molar-refractivity contribution in [2.75, 3.05) is 39.6 Å². The molecule has 516 valence electrons. The number of rotatable bonds is 68. The summed E-state index contributed by atoms with van der Waals surface area (Å²) >= 11 is 0. The lowest BCUT2D eigenvalue weighted by molar-refractivity contribution is -0.161. The van der Waals surface area contributed by atoms with Crippen molar-refractivity contribution in [3.8, 4) is 0 Å². The third-order valence-corrected chi connectivity index (χ3v) is 17.7. The van der Waals surface area contributed by atoms with Crippen LogP contribution in [0, 0.1) is 5.92 Å². The van der Waals surface area contributed by atoms with Crippen LogP contribution in [0.25, 0.3) is 0 Å². The maximum absolute atomic E-state index is 13.0. The fraction of sp³-hybridized carbons (Fsp3) is 0.941. The van der Waals surface area contributed by atoms with Gasteiger partial charge in [-0.15, -0.1) is 0 Å². The highest BCUT2D eigenvalue weighted by Gasteiger charge is 2.30. The van der Waals surface area contributed by atoms with Crippen molar-refractivity contribution in [3.05, 3.63) is 0 Å². The van der Waals surface area contributed by atoms with Crippen molar-refractivity contribution in [3.63, 3.8) is 0 Å². The SMILES string of the molecule is CCCCCCCCCCCCCCCCCC(=O)OC[C@H](COP(=O)(O)OC[C@@H](O)COP(=O)(O)OC[C@@H](COC(=O)CCCCCCCCC)OC(=O)CCCCCCCCCCC)OC(=O)CCCCCCCCCCCCCCCC(C)C. The van der Waals surface area contributed by atoms with E-state index in [0.29, 0.717) is 25.7 Å². The maximum atomic E-state index is 13.0. The molecule has 87 heavy (non-hydrogen) atoms. The van der Waals surface area contributed by atoms with Gasteiger partial charge in [-0.25, -0.2) is 9.13 Å². The molecule has 0 aromatic heterocycles. The second-order valence-corrected chi connectivity index (χ2v) is 27.9. The normalized spacial score (nSPS) is 14.1. The Morgan fingerprint density at radius 2 is 0.529 bits per heavy atom. The molecule has 0 fully saturated rings. The van der Waals surface area contributed by atoms with Crippen molar-refractivity contribution in [2.24, 2.45) is 5.92 Å². The highest BCUT2D eigenvalue weighted by Crippen LogP contribution is 2.45. The van der Waals surface area contributed by atoms with Gasteiger partial charge in [-0.3, -0.25) is 37.3 Å². The van der Waals surface area contributed by atoms with E-state index in [4.69, 9.17) is 37.0 Å². The van der Waals surface area contributed by atoms with Gasteiger partial charge in [0.15, 0.2) is 12.2 Å². The molecule has 3 N–H and O–H groups in total. The molecule has 0 amide bonds. The molecule has 19 heteroatoms. The fourth-order valence-electron chi connectivity index (χ4n) is 10.3. The van der Waals surface area contributed by atoms with Crippen LogP contribution in [0.3, 0.4) is 0 Å². The molecule has 0 aromatic carbocycles. The van der Waals surface area contributed by atoms with Crippen molar-refractivity contribution in [1.82, 2.24) is 0 Å². The molecular formula is C68H132O17P2. The topological polar surface area (TPSA) is 237 Å². The summed E-state index contributed by atoms with van der Waals surface area (Å²) in [6.45, 7) is 7.19. The Bertz CT molecular complexity index is 1690. The molecule has 2 unspecified atom stereocenters. The second kappa shape index (κ2) is 61.6. The number of hydrogen-bond donors (Lipinski definition) is 3. The highest BCUT2D eigenvalue weighted by atomic mass is 31.2. The van der Waals surface area contributed by atoms with Gasteiger partial charge in [0.2, 0.25) is 0 Å². The van der Waals surface area contributed by atoms with Crippen LogP contribution in [0.2, 0.25) is 0 Å². The Balaban J connectivity index is 5.19. The Morgan fingerprint density at radius 3 is 0.782 bits per heavy atom. The van der Waals surface area contributed by atoms with Crippen molar-refractivity contribution < 1.29 is 80.2 Å². The van der Waals surface area contributed by atoms with Gasteiger partial charge in [0.1, 0.15) is 19.3 Å². The molecule has 0 aliphatic heterocycles. The van der Waals surface area contributed by atoms with Crippen LogP contribution in [0.4, 0.5) is 0 Å². The molecule has 0 aliphatic carbocycles. The summed E-state index contributed by atoms with van der Waals surface area (Å²) in [5.74, 6) is -1.34. The van der Waals surface area contributed by atoms with Crippen molar-refractivity contribution in [2.45, 2.75) is 368 Å². The zero-order chi connectivity index (χ0) is 64.2. The molecule has 0 aliphatic rings. The van der Waals surface area contributed by atoms with Gasteiger partial charge in [-0.1, -0.05) is 298 Å². The first-order valence-corrected chi connectivity index (χ1v) is 38.6. The van der Waals surface area contributed by atoms with Gasteiger partial charge in [-0.2, -0.15) is 0 Å². The van der Waals surface area contributed by atoms with E-state index in [2.05, 4.69) is 34.6 Å². The minimum atomic E-state index is -4.95. The Morgan fingerprint density at radius 1 is 0.310 bits per heavy atom. The average molecular weight is 1280 g/mol. The molecule has 17 nitrogen and oxygen atoms in total. The third kappa shape index (κ3) is 62.6. The molecule has 5 atom stereocenters. The summed E-state index contributed by atoms with van der Waals surface area (Å²) < 4.78 is 68.1. The van der Waals surface area contributed by atoms with Gasteiger partial charge in [0.05, 0.1) is 26.4 Å². The minimum Gasteiger partial charge on any atom is -0.462 e. The van der Waals surface area contributed by atoms with E-state index in [-0.39, 0.29) is 25.7 Å². The lowest BCUT2D eigenvalue weighted by Crippen LogP contribution is -2.30. The molecule has 0 rings (SSSR count). The van der Waals surface area contributed by atoms with Gasteiger partial charge >= 0.3 is 39.5 Å². The van der Waals surface area contributed by atoms with Gasteiger partial charge < -0.3 is 33.8 Å². The molecule has 0 bridgehead atoms. The summed E-state index contributed by atoms with van der Waals surface area (Å²) in [5, 5.41) is 10.5. The quantitative estimate of drug-likeness (QED) is 0.0222. The first-order valence-electron chi connectivity index (χ1n) is 35.6. The number of carbonyl (C=O) groups excluding carboxylic acids is 4. The summed E-state index contributed by atoms with van der Waals surface area (Å²) in [4.78, 5) is 72.3. The van der Waals surface area contributed by atoms with Crippen LogP contribution in [-0.2, 0) is 65.4 Å². The van der Waals surface area contributed by atoms with Crippen LogP contribution < -0.4 is 0 Å². The number of hydrogen-bond acceptors (Lipinski definition) is 15. The van der Waals surface area contributed by atoms with Crippen LogP contribution in [0.5, 0.6) is 0 Å². The fourth-order valence-corrected chi connectivity index (χ4v) is 11.9.